The summed E-state index contributed by atoms with van der Waals surface area (Å²) in [5, 5.41) is 38.5. The highest BCUT2D eigenvalue weighted by Gasteiger charge is 2.31. The number of rotatable bonds is 10. The van der Waals surface area contributed by atoms with Crippen LogP contribution in [0, 0.1) is 0 Å². The van der Waals surface area contributed by atoms with Gasteiger partial charge in [-0.1, -0.05) is 13.3 Å². The Kier molecular flexibility index (Phi) is 12.4. The van der Waals surface area contributed by atoms with Gasteiger partial charge in [0.2, 0.25) is 0 Å². The molecule has 0 radical (unpaired) electrons. The molecule has 1 aliphatic rings. The minimum Gasteiger partial charge on any atom is -0.480 e. The summed E-state index contributed by atoms with van der Waals surface area (Å²) in [6.45, 7) is 8.80. The molecular formula is C22H40N4O8. The molecule has 4 atom stereocenters. The molecule has 1 heterocycles. The molecule has 0 aliphatic carbocycles. The third kappa shape index (κ3) is 8.82. The van der Waals surface area contributed by atoms with E-state index in [0.29, 0.717) is 25.9 Å². The molecule has 0 aromatic carbocycles. The van der Waals surface area contributed by atoms with Gasteiger partial charge in [-0.05, 0) is 27.2 Å². The average Bonchev–Trinajstić information content (AvgIpc) is 2.76. The van der Waals surface area contributed by atoms with Crippen LogP contribution in [0.3, 0.4) is 0 Å². The predicted octanol–water partition coefficient (Wildman–Crippen LogP) is -0.119. The van der Waals surface area contributed by atoms with Crippen LogP contribution >= 0.6 is 0 Å². The van der Waals surface area contributed by atoms with Crippen LogP contribution in [0.1, 0.15) is 40.5 Å². The molecule has 0 bridgehead atoms. The summed E-state index contributed by atoms with van der Waals surface area (Å²) >= 11 is 0. The SMILES string of the molecule is CCCC(C(=O)O)N1CCN(C(C)C(=O)O)CCN(C(C)C(=O)O)CCN(C(C)C(=O)O)CC1. The summed E-state index contributed by atoms with van der Waals surface area (Å²) in [5.74, 6) is -4.01. The summed E-state index contributed by atoms with van der Waals surface area (Å²) in [6, 6.07) is -3.25. The molecule has 1 aliphatic heterocycles. The largest absolute Gasteiger partial charge is 0.480 e. The Morgan fingerprint density at radius 1 is 0.559 bits per heavy atom. The van der Waals surface area contributed by atoms with E-state index in [-0.39, 0.29) is 39.3 Å². The predicted molar refractivity (Wildman–Crippen MR) is 124 cm³/mol. The Labute approximate surface area is 200 Å². The maximum atomic E-state index is 12.0. The summed E-state index contributed by atoms with van der Waals surface area (Å²) < 4.78 is 0. The Morgan fingerprint density at radius 2 is 0.824 bits per heavy atom. The van der Waals surface area contributed by atoms with Gasteiger partial charge >= 0.3 is 23.9 Å². The molecule has 0 amide bonds. The zero-order valence-electron chi connectivity index (χ0n) is 20.6. The smallest absolute Gasteiger partial charge is 0.320 e. The first-order valence-electron chi connectivity index (χ1n) is 11.8. The minimum atomic E-state index is -1.02. The lowest BCUT2D eigenvalue weighted by molar-refractivity contribution is -0.147. The maximum Gasteiger partial charge on any atom is 0.320 e. The number of carboxylic acids is 4. The van der Waals surface area contributed by atoms with Gasteiger partial charge in [0.1, 0.15) is 24.2 Å². The van der Waals surface area contributed by atoms with Crippen LogP contribution in [0.2, 0.25) is 0 Å². The Bertz CT molecular complexity index is 670. The summed E-state index contributed by atoms with van der Waals surface area (Å²) in [4.78, 5) is 53.9. The number of carboxylic acid groups (broad SMARTS) is 4. The van der Waals surface area contributed by atoms with E-state index in [2.05, 4.69) is 0 Å². The van der Waals surface area contributed by atoms with Crippen LogP contribution in [-0.4, -0.2) is 140 Å². The van der Waals surface area contributed by atoms with Gasteiger partial charge in [0.05, 0.1) is 0 Å². The average molecular weight is 489 g/mol. The van der Waals surface area contributed by atoms with Gasteiger partial charge in [0.25, 0.3) is 0 Å². The van der Waals surface area contributed by atoms with Gasteiger partial charge in [-0.2, -0.15) is 0 Å². The third-order valence-electron chi connectivity index (χ3n) is 6.70. The summed E-state index contributed by atoms with van der Waals surface area (Å²) in [5.41, 5.74) is 0. The zero-order chi connectivity index (χ0) is 26.0. The van der Waals surface area contributed by atoms with Gasteiger partial charge in [-0.3, -0.25) is 38.8 Å². The second-order valence-electron chi connectivity index (χ2n) is 8.83. The van der Waals surface area contributed by atoms with Crippen molar-refractivity contribution < 1.29 is 39.6 Å². The van der Waals surface area contributed by atoms with Crippen molar-refractivity contribution in [1.82, 2.24) is 19.6 Å². The number of nitrogens with zero attached hydrogens (tertiary/aromatic N) is 4. The Hall–Kier alpha value is -2.28. The van der Waals surface area contributed by atoms with Crippen molar-refractivity contribution in [2.45, 2.75) is 64.7 Å². The van der Waals surface area contributed by atoms with E-state index in [1.165, 1.54) is 0 Å². The van der Waals surface area contributed by atoms with Crippen LogP contribution in [0.25, 0.3) is 0 Å². The van der Waals surface area contributed by atoms with Crippen molar-refractivity contribution in [2.75, 3.05) is 52.4 Å². The van der Waals surface area contributed by atoms with Crippen molar-refractivity contribution in [3.63, 3.8) is 0 Å². The highest BCUT2D eigenvalue weighted by molar-refractivity contribution is 5.74. The number of aliphatic carboxylic acids is 4. The molecule has 12 nitrogen and oxygen atoms in total. The monoisotopic (exact) mass is 488 g/mol. The summed E-state index contributed by atoms with van der Waals surface area (Å²) in [6.07, 6.45) is 1.07. The highest BCUT2D eigenvalue weighted by atomic mass is 16.4. The van der Waals surface area contributed by atoms with E-state index in [4.69, 9.17) is 0 Å². The molecule has 4 unspecified atom stereocenters. The second kappa shape index (κ2) is 14.2. The molecule has 0 aromatic rings. The fourth-order valence-corrected chi connectivity index (χ4v) is 4.15. The molecule has 0 saturated carbocycles. The number of hydrogen-bond acceptors (Lipinski definition) is 8. The molecule has 4 N–H and O–H groups in total. The molecule has 1 fully saturated rings. The quantitative estimate of drug-likeness (QED) is 0.323. The topological polar surface area (TPSA) is 162 Å². The highest BCUT2D eigenvalue weighted by Crippen LogP contribution is 2.13. The molecule has 196 valence electrons. The second-order valence-corrected chi connectivity index (χ2v) is 8.83. The van der Waals surface area contributed by atoms with E-state index in [0.717, 1.165) is 0 Å². The molecular weight excluding hydrogens is 448 g/mol. The fourth-order valence-electron chi connectivity index (χ4n) is 4.15. The Balaban J connectivity index is 3.29. The van der Waals surface area contributed by atoms with Crippen LogP contribution in [-0.2, 0) is 19.2 Å². The van der Waals surface area contributed by atoms with Gasteiger partial charge < -0.3 is 20.4 Å². The minimum absolute atomic E-state index is 0.275. The number of carbonyl (C=O) groups is 4. The molecule has 1 rings (SSSR count). The zero-order valence-corrected chi connectivity index (χ0v) is 20.6. The fraction of sp³-hybridized carbons (Fsp3) is 0.818. The van der Waals surface area contributed by atoms with Crippen molar-refractivity contribution in [3.05, 3.63) is 0 Å². The third-order valence-corrected chi connectivity index (χ3v) is 6.70. The van der Waals surface area contributed by atoms with E-state index in [1.807, 2.05) is 6.92 Å². The van der Waals surface area contributed by atoms with Crippen LogP contribution in [0.15, 0.2) is 0 Å². The normalized spacial score (nSPS) is 22.0. The first-order valence-corrected chi connectivity index (χ1v) is 11.8. The molecule has 0 spiro atoms. The molecule has 12 heteroatoms. The van der Waals surface area contributed by atoms with E-state index < -0.39 is 48.0 Å². The van der Waals surface area contributed by atoms with Crippen LogP contribution < -0.4 is 0 Å². The lowest BCUT2D eigenvalue weighted by Gasteiger charge is -2.38. The van der Waals surface area contributed by atoms with Gasteiger partial charge in [0.15, 0.2) is 0 Å². The van der Waals surface area contributed by atoms with E-state index in [1.54, 1.807) is 40.4 Å². The van der Waals surface area contributed by atoms with E-state index >= 15 is 0 Å². The standard InChI is InChI=1S/C22H40N4O8/c1-5-6-18(22(33)34)26-13-11-24(16(3)20(29)30)9-7-23(15(2)19(27)28)8-10-25(12-14-26)17(4)21(31)32/h15-18H,5-14H2,1-4H3,(H,27,28)(H,29,30)(H,31,32)(H,33,34). The lowest BCUT2D eigenvalue weighted by atomic mass is 10.1. The van der Waals surface area contributed by atoms with E-state index in [9.17, 15) is 39.6 Å². The first-order chi connectivity index (χ1) is 15.9. The van der Waals surface area contributed by atoms with Gasteiger partial charge in [-0.25, -0.2) is 0 Å². The molecule has 0 aromatic heterocycles. The molecule has 1 saturated heterocycles. The Morgan fingerprint density at radius 3 is 1.03 bits per heavy atom. The van der Waals surface area contributed by atoms with Crippen molar-refractivity contribution in [2.24, 2.45) is 0 Å². The first kappa shape index (κ1) is 29.8. The lowest BCUT2D eigenvalue weighted by Crippen LogP contribution is -2.55. The van der Waals surface area contributed by atoms with Gasteiger partial charge in [-0.15, -0.1) is 0 Å². The van der Waals surface area contributed by atoms with Crippen molar-refractivity contribution in [1.29, 1.82) is 0 Å². The summed E-state index contributed by atoms with van der Waals surface area (Å²) in [7, 11) is 0. The van der Waals surface area contributed by atoms with Crippen molar-refractivity contribution >= 4 is 23.9 Å². The van der Waals surface area contributed by atoms with Crippen LogP contribution in [0.4, 0.5) is 0 Å². The number of hydrogen-bond donors (Lipinski definition) is 4. The van der Waals surface area contributed by atoms with Gasteiger partial charge in [0, 0.05) is 52.4 Å². The maximum absolute atomic E-state index is 12.0. The van der Waals surface area contributed by atoms with Crippen LogP contribution in [0.5, 0.6) is 0 Å². The molecule has 34 heavy (non-hydrogen) atoms. The van der Waals surface area contributed by atoms with Crippen molar-refractivity contribution in [3.8, 4) is 0 Å².